The van der Waals surface area contributed by atoms with Gasteiger partial charge in [-0.2, -0.15) is 0 Å². The third-order valence-electron chi connectivity index (χ3n) is 5.75. The fourth-order valence-electron chi connectivity index (χ4n) is 3.76. The summed E-state index contributed by atoms with van der Waals surface area (Å²) >= 11 is 0. The molecule has 0 saturated heterocycles. The molecule has 1 aliphatic carbocycles. The maximum Gasteiger partial charge on any atom is 0.328 e. The molecule has 0 aromatic heterocycles. The van der Waals surface area contributed by atoms with Crippen LogP contribution in [0.25, 0.3) is 0 Å². The smallest absolute Gasteiger partial charge is 0.328 e. The van der Waals surface area contributed by atoms with Gasteiger partial charge in [0.05, 0.1) is 6.10 Å². The molecule has 2 N–H and O–H groups in total. The normalized spacial score (nSPS) is 19.6. The Morgan fingerprint density at radius 3 is 2.12 bits per heavy atom. The maximum atomic E-state index is 12.8. The van der Waals surface area contributed by atoms with E-state index in [1.165, 1.54) is 18.1 Å². The van der Waals surface area contributed by atoms with E-state index in [1.54, 1.807) is 0 Å². The van der Waals surface area contributed by atoms with Crippen molar-refractivity contribution in [1.29, 1.82) is 0 Å². The monoisotopic (exact) mass is 358 g/mol. The van der Waals surface area contributed by atoms with Crippen molar-refractivity contribution in [2.75, 3.05) is 0 Å². The molecule has 0 radical (unpaired) electrons. The number of aliphatic carboxylic acids is 1. The standard InChI is InChI=1S/C22H30O4/c1-13-9-16-17(22(5,6)8-7-21(16,3)4)11-15(13)19(24)12-18(23)14(2)10-20(25)26/h9-11,18,23H,7-8,12H2,1-6H3,(H,25,26). The van der Waals surface area contributed by atoms with E-state index in [2.05, 4.69) is 33.8 Å². The topological polar surface area (TPSA) is 74.6 Å². The molecule has 0 bridgehead atoms. The lowest BCUT2D eigenvalue weighted by Gasteiger charge is -2.42. The number of hydrogen-bond donors (Lipinski definition) is 2. The number of fused-ring (bicyclic) bond motifs is 1. The minimum absolute atomic E-state index is 0.00528. The highest BCUT2D eigenvalue weighted by Gasteiger charge is 2.37. The molecule has 4 nitrogen and oxygen atoms in total. The van der Waals surface area contributed by atoms with Crippen molar-refractivity contribution in [3.8, 4) is 0 Å². The molecule has 142 valence electrons. The second-order valence-corrected chi connectivity index (χ2v) is 8.85. The van der Waals surface area contributed by atoms with Crippen LogP contribution in [0.3, 0.4) is 0 Å². The quantitative estimate of drug-likeness (QED) is 0.607. The minimum atomic E-state index is -1.12. The van der Waals surface area contributed by atoms with Gasteiger partial charge in [-0.05, 0) is 65.8 Å². The number of carboxylic acids is 1. The van der Waals surface area contributed by atoms with Crippen molar-refractivity contribution in [2.45, 2.75) is 77.7 Å². The van der Waals surface area contributed by atoms with Crippen molar-refractivity contribution in [1.82, 2.24) is 0 Å². The zero-order valence-corrected chi connectivity index (χ0v) is 16.6. The highest BCUT2D eigenvalue weighted by molar-refractivity contribution is 5.98. The Morgan fingerprint density at radius 2 is 1.62 bits per heavy atom. The molecule has 4 heteroatoms. The van der Waals surface area contributed by atoms with Crippen molar-refractivity contribution in [3.05, 3.63) is 46.0 Å². The molecule has 1 atom stereocenters. The van der Waals surface area contributed by atoms with E-state index < -0.39 is 12.1 Å². The van der Waals surface area contributed by atoms with Crippen LogP contribution in [0.1, 0.15) is 80.9 Å². The van der Waals surface area contributed by atoms with Gasteiger partial charge in [0.25, 0.3) is 0 Å². The van der Waals surface area contributed by atoms with E-state index in [4.69, 9.17) is 5.11 Å². The van der Waals surface area contributed by atoms with Crippen LogP contribution < -0.4 is 0 Å². The molecule has 1 aromatic carbocycles. The fourth-order valence-corrected chi connectivity index (χ4v) is 3.76. The van der Waals surface area contributed by atoms with Crippen LogP contribution in [0.2, 0.25) is 0 Å². The average Bonchev–Trinajstić information content (AvgIpc) is 2.50. The lowest BCUT2D eigenvalue weighted by Crippen LogP contribution is -2.34. The lowest BCUT2D eigenvalue weighted by molar-refractivity contribution is -0.131. The first-order valence-electron chi connectivity index (χ1n) is 9.13. The molecular weight excluding hydrogens is 328 g/mol. The zero-order valence-electron chi connectivity index (χ0n) is 16.6. The molecule has 0 fully saturated rings. The first kappa shape index (κ1) is 20.4. The van der Waals surface area contributed by atoms with E-state index in [0.717, 1.165) is 24.5 Å². The van der Waals surface area contributed by atoms with Crippen molar-refractivity contribution < 1.29 is 19.8 Å². The highest BCUT2D eigenvalue weighted by Crippen LogP contribution is 2.46. The van der Waals surface area contributed by atoms with Crippen LogP contribution in [0.4, 0.5) is 0 Å². The zero-order chi connectivity index (χ0) is 19.9. The highest BCUT2D eigenvalue weighted by atomic mass is 16.4. The number of aliphatic hydroxyl groups is 1. The molecule has 0 amide bonds. The number of carbonyl (C=O) groups is 2. The lowest BCUT2D eigenvalue weighted by atomic mass is 9.62. The maximum absolute atomic E-state index is 12.8. The molecule has 1 aromatic rings. The van der Waals surface area contributed by atoms with E-state index in [1.807, 2.05) is 13.0 Å². The first-order valence-corrected chi connectivity index (χ1v) is 9.13. The Morgan fingerprint density at radius 1 is 1.12 bits per heavy atom. The molecule has 0 saturated carbocycles. The molecule has 1 unspecified atom stereocenters. The van der Waals surface area contributed by atoms with Crippen LogP contribution in [0.15, 0.2) is 23.8 Å². The van der Waals surface area contributed by atoms with Gasteiger partial charge in [0.15, 0.2) is 5.78 Å². The molecule has 1 aliphatic rings. The number of aliphatic hydroxyl groups excluding tert-OH is 1. The number of benzene rings is 1. The summed E-state index contributed by atoms with van der Waals surface area (Å²) in [6, 6.07) is 4.12. The molecule has 0 spiro atoms. The molecular formula is C22H30O4. The number of carboxylic acid groups (broad SMARTS) is 1. The third-order valence-corrected chi connectivity index (χ3v) is 5.75. The van der Waals surface area contributed by atoms with Crippen LogP contribution in [-0.4, -0.2) is 28.1 Å². The second kappa shape index (κ2) is 6.99. The summed E-state index contributed by atoms with van der Waals surface area (Å²) in [6.07, 6.45) is 1.92. The Hall–Kier alpha value is -1.94. The Balaban J connectivity index is 2.39. The third kappa shape index (κ3) is 4.07. The summed E-state index contributed by atoms with van der Waals surface area (Å²) in [6.45, 7) is 12.4. The van der Waals surface area contributed by atoms with Crippen molar-refractivity contribution in [2.24, 2.45) is 0 Å². The van der Waals surface area contributed by atoms with Crippen molar-refractivity contribution >= 4 is 11.8 Å². The van der Waals surface area contributed by atoms with E-state index in [0.29, 0.717) is 5.56 Å². The SMILES string of the molecule is CC(=CC(=O)O)C(O)CC(=O)c1cc2c(cc1C)C(C)(C)CCC2(C)C. The average molecular weight is 358 g/mol. The summed E-state index contributed by atoms with van der Waals surface area (Å²) in [4.78, 5) is 23.5. The summed E-state index contributed by atoms with van der Waals surface area (Å²) < 4.78 is 0. The van der Waals surface area contributed by atoms with Gasteiger partial charge in [0.2, 0.25) is 0 Å². The Bertz CT molecular complexity index is 769. The van der Waals surface area contributed by atoms with Crippen molar-refractivity contribution in [3.63, 3.8) is 0 Å². The summed E-state index contributed by atoms with van der Waals surface area (Å²) in [7, 11) is 0. The van der Waals surface area contributed by atoms with Gasteiger partial charge >= 0.3 is 5.97 Å². The van der Waals surface area contributed by atoms with Gasteiger partial charge in [0.1, 0.15) is 0 Å². The van der Waals surface area contributed by atoms with E-state index in [9.17, 15) is 14.7 Å². The van der Waals surface area contributed by atoms with Gasteiger partial charge in [-0.3, -0.25) is 4.79 Å². The number of rotatable bonds is 5. The number of ketones is 1. The van der Waals surface area contributed by atoms with Gasteiger partial charge < -0.3 is 10.2 Å². The molecule has 26 heavy (non-hydrogen) atoms. The molecule has 0 heterocycles. The Kier molecular flexibility index (Phi) is 5.48. The van der Waals surface area contributed by atoms with Crippen LogP contribution >= 0.6 is 0 Å². The van der Waals surface area contributed by atoms with Gasteiger partial charge in [-0.1, -0.05) is 33.8 Å². The number of carbonyl (C=O) groups excluding carboxylic acids is 1. The summed E-state index contributed by atoms with van der Waals surface area (Å²) in [5.41, 5.74) is 4.40. The number of Topliss-reactive ketones (excluding diaryl/α,β-unsaturated/α-hetero) is 1. The number of aryl methyl sites for hydroxylation is 1. The second-order valence-electron chi connectivity index (χ2n) is 8.85. The predicted octanol–water partition coefficient (Wildman–Crippen LogP) is 4.31. The van der Waals surface area contributed by atoms with E-state index in [-0.39, 0.29) is 28.6 Å². The van der Waals surface area contributed by atoms with Gasteiger partial charge in [0, 0.05) is 18.1 Å². The largest absolute Gasteiger partial charge is 0.478 e. The summed E-state index contributed by atoms with van der Waals surface area (Å²) in [5.74, 6) is -1.28. The summed E-state index contributed by atoms with van der Waals surface area (Å²) in [5, 5.41) is 19.0. The minimum Gasteiger partial charge on any atom is -0.478 e. The van der Waals surface area contributed by atoms with Crippen LogP contribution in [-0.2, 0) is 15.6 Å². The van der Waals surface area contributed by atoms with Crippen LogP contribution in [0.5, 0.6) is 0 Å². The molecule has 0 aliphatic heterocycles. The molecule has 2 rings (SSSR count). The first-order chi connectivity index (χ1) is 11.8. The predicted molar refractivity (Wildman–Crippen MR) is 103 cm³/mol. The van der Waals surface area contributed by atoms with Gasteiger partial charge in [-0.15, -0.1) is 0 Å². The van der Waals surface area contributed by atoms with E-state index >= 15 is 0 Å². The fraction of sp³-hybridized carbons (Fsp3) is 0.545. The number of hydrogen-bond acceptors (Lipinski definition) is 3. The van der Waals surface area contributed by atoms with Crippen LogP contribution in [0, 0.1) is 6.92 Å². The van der Waals surface area contributed by atoms with Gasteiger partial charge in [-0.25, -0.2) is 4.79 Å². The Labute approximate surface area is 155 Å².